The number of carbonyl (C=O) groups excluding carboxylic acids is 1. The highest BCUT2D eigenvalue weighted by Crippen LogP contribution is 2.23. The second kappa shape index (κ2) is 7.43. The molecule has 1 amide bonds. The quantitative estimate of drug-likeness (QED) is 0.644. The number of amides is 1. The van der Waals surface area contributed by atoms with Gasteiger partial charge in [0.05, 0.1) is 32.0 Å². The zero-order valence-electron chi connectivity index (χ0n) is 13.0. The first-order chi connectivity index (χ1) is 11.2. The molecular weight excluding hydrogens is 298 g/mol. The summed E-state index contributed by atoms with van der Waals surface area (Å²) >= 11 is 0. The van der Waals surface area contributed by atoms with E-state index in [0.717, 1.165) is 32.8 Å². The van der Waals surface area contributed by atoms with Crippen LogP contribution in [-0.2, 0) is 14.4 Å². The molecule has 1 fully saturated rings. The van der Waals surface area contributed by atoms with E-state index in [1.165, 1.54) is 4.90 Å². The Balaban J connectivity index is 1.44. The molecule has 124 valence electrons. The van der Waals surface area contributed by atoms with Crippen LogP contribution in [0.4, 0.5) is 0 Å². The van der Waals surface area contributed by atoms with Crippen LogP contribution in [0, 0.1) is 0 Å². The first kappa shape index (κ1) is 15.8. The molecule has 0 aliphatic carbocycles. The molecule has 23 heavy (non-hydrogen) atoms. The van der Waals surface area contributed by atoms with Crippen LogP contribution < -0.4 is 10.2 Å². The predicted molar refractivity (Wildman–Crippen MR) is 83.5 cm³/mol. The molecule has 1 aromatic rings. The maximum absolute atomic E-state index is 12.1. The van der Waals surface area contributed by atoms with E-state index in [0.29, 0.717) is 24.2 Å². The van der Waals surface area contributed by atoms with Crippen molar-refractivity contribution >= 4 is 11.6 Å². The molecule has 0 spiro atoms. The third-order valence-electron chi connectivity index (χ3n) is 4.15. The predicted octanol–water partition coefficient (Wildman–Crippen LogP) is -1.08. The van der Waals surface area contributed by atoms with Gasteiger partial charge in [0.1, 0.15) is 18.8 Å². The fourth-order valence-corrected chi connectivity index (χ4v) is 2.78. The first-order valence-corrected chi connectivity index (χ1v) is 7.94. The van der Waals surface area contributed by atoms with Gasteiger partial charge in [-0.2, -0.15) is 0 Å². The number of ether oxygens (including phenoxy) is 1. The Morgan fingerprint density at radius 1 is 1.35 bits per heavy atom. The maximum Gasteiger partial charge on any atom is 0.264 e. The zero-order chi connectivity index (χ0) is 16.1. The minimum Gasteiger partial charge on any atom is -0.507 e. The number of quaternary nitrogens is 1. The highest BCUT2D eigenvalue weighted by atomic mass is 16.6. The van der Waals surface area contributed by atoms with Crippen molar-refractivity contribution in [2.45, 2.75) is 12.5 Å². The van der Waals surface area contributed by atoms with Crippen molar-refractivity contribution in [2.75, 3.05) is 39.4 Å². The Kier molecular flexibility index (Phi) is 5.09. The summed E-state index contributed by atoms with van der Waals surface area (Å²) in [5, 5.41) is 16.7. The monoisotopic (exact) mass is 320 g/mol. The summed E-state index contributed by atoms with van der Waals surface area (Å²) in [6.07, 6.45) is -0.252. The Morgan fingerprint density at radius 3 is 2.91 bits per heavy atom. The average Bonchev–Trinajstić information content (AvgIpc) is 3.06. The van der Waals surface area contributed by atoms with Crippen LogP contribution in [0.2, 0.25) is 0 Å². The summed E-state index contributed by atoms with van der Waals surface area (Å²) in [5.74, 6) is -0.0151. The van der Waals surface area contributed by atoms with E-state index in [9.17, 15) is 9.90 Å². The number of nitrogens with zero attached hydrogens (tertiary/aromatic N) is 1. The Bertz CT molecular complexity index is 584. The maximum atomic E-state index is 12.1. The number of morpholine rings is 1. The van der Waals surface area contributed by atoms with Crippen LogP contribution in [0.1, 0.15) is 12.0 Å². The summed E-state index contributed by atoms with van der Waals surface area (Å²) in [7, 11) is 0. The molecule has 0 unspecified atom stereocenters. The minimum absolute atomic E-state index is 0.145. The van der Waals surface area contributed by atoms with Crippen molar-refractivity contribution < 1.29 is 24.4 Å². The number of para-hydroxylation sites is 1. The second-order valence-corrected chi connectivity index (χ2v) is 5.76. The lowest BCUT2D eigenvalue weighted by molar-refractivity contribution is -0.906. The summed E-state index contributed by atoms with van der Waals surface area (Å²) in [6.45, 7) is 5.03. The molecular formula is C16H22N3O4+. The standard InChI is InChI=1S/C16H21N3O4/c20-14-4-2-1-3-12(14)13-11-15(23-18-13)16(21)17-5-6-19-7-9-22-10-8-19/h1-4,15,20H,5-11H2,(H,17,21)/p+1/t15-/m0/s1. The molecule has 7 heteroatoms. The van der Waals surface area contributed by atoms with E-state index in [-0.39, 0.29) is 11.7 Å². The number of phenols is 1. The van der Waals surface area contributed by atoms with E-state index < -0.39 is 6.10 Å². The van der Waals surface area contributed by atoms with Crippen LogP contribution in [0.5, 0.6) is 5.75 Å². The van der Waals surface area contributed by atoms with Gasteiger partial charge in [0.25, 0.3) is 5.91 Å². The smallest absolute Gasteiger partial charge is 0.264 e. The topological polar surface area (TPSA) is 84.6 Å². The molecule has 2 heterocycles. The Hall–Kier alpha value is -2.12. The number of hydrogen-bond acceptors (Lipinski definition) is 5. The van der Waals surface area contributed by atoms with Gasteiger partial charge >= 0.3 is 0 Å². The summed E-state index contributed by atoms with van der Waals surface area (Å²) in [5.41, 5.74) is 1.21. The molecule has 1 aromatic carbocycles. The summed E-state index contributed by atoms with van der Waals surface area (Å²) < 4.78 is 5.31. The number of benzene rings is 1. The lowest BCUT2D eigenvalue weighted by Crippen LogP contribution is -3.14. The lowest BCUT2D eigenvalue weighted by Gasteiger charge is -2.23. The molecule has 1 saturated heterocycles. The van der Waals surface area contributed by atoms with Gasteiger partial charge in [0.15, 0.2) is 0 Å². The summed E-state index contributed by atoms with van der Waals surface area (Å²) in [4.78, 5) is 18.8. The number of phenolic OH excluding ortho intramolecular Hbond substituents is 1. The molecule has 0 bridgehead atoms. The van der Waals surface area contributed by atoms with Crippen molar-refractivity contribution in [3.8, 4) is 5.75 Å². The van der Waals surface area contributed by atoms with Gasteiger partial charge in [0, 0.05) is 12.0 Å². The highest BCUT2D eigenvalue weighted by molar-refractivity contribution is 6.05. The van der Waals surface area contributed by atoms with Crippen LogP contribution in [0.3, 0.4) is 0 Å². The first-order valence-electron chi connectivity index (χ1n) is 7.94. The van der Waals surface area contributed by atoms with Crippen LogP contribution in [0.15, 0.2) is 29.4 Å². The molecule has 2 aliphatic rings. The molecule has 2 aliphatic heterocycles. The average molecular weight is 320 g/mol. The SMILES string of the molecule is O=C(NCC[NH+]1CCOCC1)[C@@H]1CC(c2ccccc2O)=NO1. The molecule has 0 aromatic heterocycles. The number of rotatable bonds is 5. The van der Waals surface area contributed by atoms with Gasteiger partial charge in [-0.25, -0.2) is 0 Å². The zero-order valence-corrected chi connectivity index (χ0v) is 13.0. The number of oxime groups is 1. The summed E-state index contributed by atoms with van der Waals surface area (Å²) in [6, 6.07) is 6.92. The number of carbonyl (C=O) groups is 1. The van der Waals surface area contributed by atoms with E-state index in [1.807, 2.05) is 6.07 Å². The molecule has 7 nitrogen and oxygen atoms in total. The van der Waals surface area contributed by atoms with Gasteiger partial charge < -0.3 is 24.9 Å². The Labute approximate surface area is 134 Å². The highest BCUT2D eigenvalue weighted by Gasteiger charge is 2.29. The molecule has 0 radical (unpaired) electrons. The van der Waals surface area contributed by atoms with Crippen molar-refractivity contribution in [2.24, 2.45) is 5.16 Å². The second-order valence-electron chi connectivity index (χ2n) is 5.76. The number of hydrogen-bond donors (Lipinski definition) is 3. The Morgan fingerprint density at radius 2 is 2.13 bits per heavy atom. The van der Waals surface area contributed by atoms with Crippen molar-refractivity contribution in [3.05, 3.63) is 29.8 Å². The molecule has 0 saturated carbocycles. The van der Waals surface area contributed by atoms with Crippen molar-refractivity contribution in [1.82, 2.24) is 5.32 Å². The molecule has 3 N–H and O–H groups in total. The fraction of sp³-hybridized carbons (Fsp3) is 0.500. The van der Waals surface area contributed by atoms with Crippen LogP contribution >= 0.6 is 0 Å². The van der Waals surface area contributed by atoms with Gasteiger partial charge in [-0.15, -0.1) is 0 Å². The van der Waals surface area contributed by atoms with Crippen molar-refractivity contribution in [1.29, 1.82) is 0 Å². The van der Waals surface area contributed by atoms with Gasteiger partial charge in [-0.05, 0) is 12.1 Å². The number of nitrogens with one attached hydrogen (secondary N) is 2. The van der Waals surface area contributed by atoms with E-state index >= 15 is 0 Å². The fourth-order valence-electron chi connectivity index (χ4n) is 2.78. The van der Waals surface area contributed by atoms with Gasteiger partial charge in [0.2, 0.25) is 6.10 Å². The van der Waals surface area contributed by atoms with E-state index in [4.69, 9.17) is 9.57 Å². The minimum atomic E-state index is -0.621. The van der Waals surface area contributed by atoms with Crippen LogP contribution in [0.25, 0.3) is 0 Å². The molecule has 3 rings (SSSR count). The normalized spacial score (nSPS) is 21.6. The largest absolute Gasteiger partial charge is 0.507 e. The van der Waals surface area contributed by atoms with E-state index in [1.54, 1.807) is 18.2 Å². The number of aromatic hydroxyl groups is 1. The van der Waals surface area contributed by atoms with Crippen molar-refractivity contribution in [3.63, 3.8) is 0 Å². The third-order valence-corrected chi connectivity index (χ3v) is 4.15. The lowest BCUT2D eigenvalue weighted by atomic mass is 10.0. The molecule has 1 atom stereocenters. The van der Waals surface area contributed by atoms with Crippen LogP contribution in [-0.4, -0.2) is 62.2 Å². The third kappa shape index (κ3) is 4.00. The van der Waals surface area contributed by atoms with E-state index in [2.05, 4.69) is 10.5 Å². The van der Waals surface area contributed by atoms with Gasteiger partial charge in [-0.3, -0.25) is 4.79 Å². The van der Waals surface area contributed by atoms with Gasteiger partial charge in [-0.1, -0.05) is 17.3 Å².